The van der Waals surface area contributed by atoms with E-state index in [1.54, 1.807) is 0 Å². The summed E-state index contributed by atoms with van der Waals surface area (Å²) in [4.78, 5) is 4.38. The van der Waals surface area contributed by atoms with E-state index in [-0.39, 0.29) is 0 Å². The number of hydrogen-bond donors (Lipinski definition) is 1. The SMILES string of the molecule is Clc1nc2ccccn2c1C1CCCCN1. The maximum Gasteiger partial charge on any atom is 0.152 e. The Labute approximate surface area is 99.4 Å². The first-order valence-corrected chi connectivity index (χ1v) is 6.10. The molecule has 0 saturated carbocycles. The fourth-order valence-corrected chi connectivity index (χ4v) is 2.69. The molecule has 2 aromatic rings. The highest BCUT2D eigenvalue weighted by Gasteiger charge is 2.21. The van der Waals surface area contributed by atoms with E-state index in [0.717, 1.165) is 24.3 Å². The van der Waals surface area contributed by atoms with Crippen LogP contribution in [0, 0.1) is 0 Å². The summed E-state index contributed by atoms with van der Waals surface area (Å²) in [5.41, 5.74) is 2.03. The van der Waals surface area contributed by atoms with E-state index in [0.29, 0.717) is 11.2 Å². The Balaban J connectivity index is 2.10. The molecule has 0 spiro atoms. The third kappa shape index (κ3) is 1.60. The lowest BCUT2D eigenvalue weighted by Crippen LogP contribution is -2.27. The highest BCUT2D eigenvalue weighted by atomic mass is 35.5. The molecule has 3 nitrogen and oxygen atoms in total. The van der Waals surface area contributed by atoms with Gasteiger partial charge in [-0.15, -0.1) is 0 Å². The molecule has 1 unspecified atom stereocenters. The monoisotopic (exact) mass is 235 g/mol. The van der Waals surface area contributed by atoms with Gasteiger partial charge in [0.05, 0.1) is 11.7 Å². The van der Waals surface area contributed by atoms with Gasteiger partial charge in [0.25, 0.3) is 0 Å². The van der Waals surface area contributed by atoms with E-state index < -0.39 is 0 Å². The second-order valence-electron chi connectivity index (χ2n) is 4.22. The summed E-state index contributed by atoms with van der Waals surface area (Å²) in [7, 11) is 0. The van der Waals surface area contributed by atoms with Crippen molar-refractivity contribution in [2.75, 3.05) is 6.54 Å². The number of imidazole rings is 1. The van der Waals surface area contributed by atoms with Crippen LogP contribution in [0.1, 0.15) is 31.0 Å². The molecule has 0 aliphatic carbocycles. The Morgan fingerprint density at radius 1 is 1.38 bits per heavy atom. The molecule has 1 saturated heterocycles. The summed E-state index contributed by atoms with van der Waals surface area (Å²) in [6, 6.07) is 6.32. The van der Waals surface area contributed by atoms with Gasteiger partial charge in [-0.2, -0.15) is 0 Å². The van der Waals surface area contributed by atoms with Crippen LogP contribution < -0.4 is 5.32 Å². The van der Waals surface area contributed by atoms with Gasteiger partial charge in [0.15, 0.2) is 5.15 Å². The molecule has 2 aromatic heterocycles. The topological polar surface area (TPSA) is 29.3 Å². The third-order valence-electron chi connectivity index (χ3n) is 3.16. The molecule has 1 atom stereocenters. The lowest BCUT2D eigenvalue weighted by molar-refractivity contribution is 0.404. The normalized spacial score (nSPS) is 21.4. The Bertz CT molecular complexity index is 500. The summed E-state index contributed by atoms with van der Waals surface area (Å²) in [6.45, 7) is 1.07. The Hall–Kier alpha value is -1.06. The largest absolute Gasteiger partial charge is 0.309 e. The Kier molecular flexibility index (Phi) is 2.58. The van der Waals surface area contributed by atoms with Gasteiger partial charge in [-0.05, 0) is 31.5 Å². The van der Waals surface area contributed by atoms with Crippen LogP contribution in [0.25, 0.3) is 5.65 Å². The molecule has 0 aromatic carbocycles. The number of halogens is 1. The molecule has 1 N–H and O–H groups in total. The van der Waals surface area contributed by atoms with E-state index in [4.69, 9.17) is 11.6 Å². The number of aromatic nitrogens is 2. The lowest BCUT2D eigenvalue weighted by Gasteiger charge is -2.23. The quantitative estimate of drug-likeness (QED) is 0.824. The van der Waals surface area contributed by atoms with Crippen LogP contribution in [0.2, 0.25) is 5.15 Å². The lowest BCUT2D eigenvalue weighted by atomic mass is 10.0. The molecule has 1 fully saturated rings. The second kappa shape index (κ2) is 4.07. The molecule has 4 heteroatoms. The van der Waals surface area contributed by atoms with Gasteiger partial charge in [-0.1, -0.05) is 24.1 Å². The van der Waals surface area contributed by atoms with Crippen molar-refractivity contribution in [3.63, 3.8) is 0 Å². The highest BCUT2D eigenvalue weighted by molar-refractivity contribution is 6.30. The van der Waals surface area contributed by atoms with Crippen molar-refractivity contribution in [1.29, 1.82) is 0 Å². The van der Waals surface area contributed by atoms with Crippen molar-refractivity contribution in [2.45, 2.75) is 25.3 Å². The maximum absolute atomic E-state index is 6.23. The van der Waals surface area contributed by atoms with Crippen LogP contribution in [-0.2, 0) is 0 Å². The molecular weight excluding hydrogens is 222 g/mol. The van der Waals surface area contributed by atoms with Gasteiger partial charge in [0.2, 0.25) is 0 Å². The number of rotatable bonds is 1. The number of pyridine rings is 1. The first-order valence-electron chi connectivity index (χ1n) is 5.72. The number of piperidine rings is 1. The molecule has 0 amide bonds. The molecule has 84 valence electrons. The standard InChI is InChI=1S/C12H14ClN3/c13-12-11(9-5-1-3-7-14-9)16-8-4-2-6-10(16)15-12/h2,4,6,8-9,14H,1,3,5,7H2. The minimum Gasteiger partial charge on any atom is -0.309 e. The van der Waals surface area contributed by atoms with Gasteiger partial charge in [-0.25, -0.2) is 4.98 Å². The van der Waals surface area contributed by atoms with Crippen molar-refractivity contribution < 1.29 is 0 Å². The van der Waals surface area contributed by atoms with Crippen LogP contribution >= 0.6 is 11.6 Å². The van der Waals surface area contributed by atoms with Gasteiger partial charge in [0.1, 0.15) is 5.65 Å². The van der Waals surface area contributed by atoms with Crippen LogP contribution in [0.4, 0.5) is 0 Å². The minimum atomic E-state index is 0.346. The average Bonchev–Trinajstić information content (AvgIpc) is 2.66. The first-order chi connectivity index (χ1) is 7.86. The van der Waals surface area contributed by atoms with Gasteiger partial charge in [-0.3, -0.25) is 0 Å². The molecule has 3 heterocycles. The molecule has 3 rings (SSSR count). The van der Waals surface area contributed by atoms with Crippen molar-refractivity contribution in [3.05, 3.63) is 35.2 Å². The number of fused-ring (bicyclic) bond motifs is 1. The number of nitrogens with one attached hydrogen (secondary N) is 1. The predicted octanol–water partition coefficient (Wildman–Crippen LogP) is 2.80. The van der Waals surface area contributed by atoms with E-state index in [2.05, 4.69) is 14.7 Å². The Morgan fingerprint density at radius 3 is 3.12 bits per heavy atom. The predicted molar refractivity (Wildman–Crippen MR) is 64.8 cm³/mol. The Morgan fingerprint density at radius 2 is 2.31 bits per heavy atom. The van der Waals surface area contributed by atoms with Crippen LogP contribution in [0.15, 0.2) is 24.4 Å². The van der Waals surface area contributed by atoms with E-state index in [1.807, 2.05) is 24.4 Å². The zero-order valence-electron chi connectivity index (χ0n) is 8.99. The third-order valence-corrected chi connectivity index (χ3v) is 3.44. The summed E-state index contributed by atoms with van der Waals surface area (Å²) in [5.74, 6) is 0. The zero-order valence-corrected chi connectivity index (χ0v) is 9.74. The van der Waals surface area contributed by atoms with E-state index >= 15 is 0 Å². The second-order valence-corrected chi connectivity index (χ2v) is 4.58. The van der Waals surface area contributed by atoms with Crippen molar-refractivity contribution in [1.82, 2.24) is 14.7 Å². The summed E-state index contributed by atoms with van der Waals surface area (Å²) >= 11 is 6.23. The smallest absolute Gasteiger partial charge is 0.152 e. The van der Waals surface area contributed by atoms with Crippen LogP contribution in [0.3, 0.4) is 0 Å². The molecule has 1 aliphatic heterocycles. The number of nitrogens with zero attached hydrogens (tertiary/aromatic N) is 2. The van der Waals surface area contributed by atoms with E-state index in [9.17, 15) is 0 Å². The highest BCUT2D eigenvalue weighted by Crippen LogP contribution is 2.29. The van der Waals surface area contributed by atoms with Crippen LogP contribution in [-0.4, -0.2) is 15.9 Å². The van der Waals surface area contributed by atoms with Crippen molar-refractivity contribution >= 4 is 17.2 Å². The van der Waals surface area contributed by atoms with Gasteiger partial charge < -0.3 is 9.72 Å². The molecule has 16 heavy (non-hydrogen) atoms. The maximum atomic E-state index is 6.23. The molecule has 1 aliphatic rings. The minimum absolute atomic E-state index is 0.346. The summed E-state index contributed by atoms with van der Waals surface area (Å²) in [6.07, 6.45) is 5.68. The average molecular weight is 236 g/mol. The molecule has 0 bridgehead atoms. The fourth-order valence-electron chi connectivity index (χ4n) is 2.38. The zero-order chi connectivity index (χ0) is 11.0. The molecular formula is C12H14ClN3. The van der Waals surface area contributed by atoms with Crippen molar-refractivity contribution in [3.8, 4) is 0 Å². The van der Waals surface area contributed by atoms with Crippen LogP contribution in [0.5, 0.6) is 0 Å². The van der Waals surface area contributed by atoms with Gasteiger partial charge >= 0.3 is 0 Å². The van der Waals surface area contributed by atoms with Crippen molar-refractivity contribution in [2.24, 2.45) is 0 Å². The first kappa shape index (κ1) is 10.1. The van der Waals surface area contributed by atoms with E-state index in [1.165, 1.54) is 12.8 Å². The fraction of sp³-hybridized carbons (Fsp3) is 0.417. The summed E-state index contributed by atoms with van der Waals surface area (Å²) < 4.78 is 2.09. The summed E-state index contributed by atoms with van der Waals surface area (Å²) in [5, 5.41) is 4.14. The van der Waals surface area contributed by atoms with Gasteiger partial charge in [0, 0.05) is 6.20 Å². The molecule has 0 radical (unpaired) electrons. The number of hydrogen-bond acceptors (Lipinski definition) is 2.